The molecule has 4 heteroatoms. The molecule has 1 heterocycles. The smallest absolute Gasteiger partial charge is 0.242 e. The largest absolute Gasteiger partial charge is 0.295 e. The molecular weight excluding hydrogens is 230 g/mol. The van der Waals surface area contributed by atoms with Crippen LogP contribution in [0.4, 0.5) is 0 Å². The molecule has 0 bridgehead atoms. The van der Waals surface area contributed by atoms with Crippen LogP contribution in [-0.4, -0.2) is 17.6 Å². The summed E-state index contributed by atoms with van der Waals surface area (Å²) in [4.78, 5) is 37.1. The molecule has 1 aromatic carbocycles. The van der Waals surface area contributed by atoms with Crippen molar-refractivity contribution >= 4 is 17.6 Å². The van der Waals surface area contributed by atoms with Gasteiger partial charge in [0.15, 0.2) is 5.78 Å². The van der Waals surface area contributed by atoms with E-state index in [-0.39, 0.29) is 11.7 Å². The van der Waals surface area contributed by atoms with Gasteiger partial charge < -0.3 is 0 Å². The molecule has 0 unspecified atom stereocenters. The molecule has 0 radical (unpaired) electrons. The predicted molar refractivity (Wildman–Crippen MR) is 61.9 cm³/mol. The van der Waals surface area contributed by atoms with Gasteiger partial charge in [0.05, 0.1) is 5.41 Å². The Balaban J connectivity index is 2.15. The Morgan fingerprint density at radius 2 is 1.61 bits per heavy atom. The number of benzene rings is 1. The number of carbonyl (C=O) groups excluding carboxylic acids is 3. The number of fused-ring (bicyclic) bond motifs is 1. The molecule has 4 nitrogen and oxygen atoms in total. The molecule has 1 saturated heterocycles. The number of nitrogens with one attached hydrogen (secondary N) is 1. The Morgan fingerprint density at radius 3 is 2.44 bits per heavy atom. The Labute approximate surface area is 103 Å². The van der Waals surface area contributed by atoms with Crippen molar-refractivity contribution in [2.24, 2.45) is 5.41 Å². The molecular formula is C14H11NO3. The first-order chi connectivity index (χ1) is 8.64. The standard InChI is InChI=1S/C14H11NO3/c16-10-8-4-1-2-5-9(8)13-6-3-7-14(10,13)12(18)15-11(13)17/h1-2,4-5H,3,6-7H2,(H,15,17,18)/t13-,14+/m0/s1. The third kappa shape index (κ3) is 0.707. The molecule has 90 valence electrons. The van der Waals surface area contributed by atoms with Crippen LogP contribution in [0.5, 0.6) is 0 Å². The molecule has 2 amide bonds. The maximum absolute atomic E-state index is 12.6. The number of rotatable bonds is 0. The highest BCUT2D eigenvalue weighted by Crippen LogP contribution is 2.63. The van der Waals surface area contributed by atoms with Crippen molar-refractivity contribution in [3.8, 4) is 0 Å². The van der Waals surface area contributed by atoms with Crippen molar-refractivity contribution in [2.75, 3.05) is 0 Å². The highest BCUT2D eigenvalue weighted by Gasteiger charge is 2.76. The van der Waals surface area contributed by atoms with Gasteiger partial charge in [-0.25, -0.2) is 0 Å². The predicted octanol–water partition coefficient (Wildman–Crippen LogP) is 0.947. The average molecular weight is 241 g/mol. The molecule has 0 aromatic heterocycles. The Morgan fingerprint density at radius 1 is 0.944 bits per heavy atom. The number of hydrogen-bond donors (Lipinski definition) is 1. The van der Waals surface area contributed by atoms with E-state index in [2.05, 4.69) is 5.32 Å². The van der Waals surface area contributed by atoms with Gasteiger partial charge in [0.2, 0.25) is 11.8 Å². The first-order valence-corrected chi connectivity index (χ1v) is 6.15. The third-order valence-electron chi connectivity index (χ3n) is 4.85. The number of imide groups is 1. The minimum Gasteiger partial charge on any atom is -0.295 e. The van der Waals surface area contributed by atoms with Gasteiger partial charge in [-0.15, -0.1) is 0 Å². The van der Waals surface area contributed by atoms with Crippen LogP contribution in [0.3, 0.4) is 0 Å². The number of Topliss-reactive ketones (excluding diaryl/α,β-unsaturated/α-hetero) is 1. The summed E-state index contributed by atoms with van der Waals surface area (Å²) in [5.41, 5.74) is -0.762. The molecule has 0 spiro atoms. The molecule has 2 fully saturated rings. The number of ketones is 1. The first-order valence-electron chi connectivity index (χ1n) is 6.15. The number of hydrogen-bond acceptors (Lipinski definition) is 3. The lowest BCUT2D eigenvalue weighted by atomic mass is 9.67. The second-order valence-electron chi connectivity index (χ2n) is 5.32. The second-order valence-corrected chi connectivity index (χ2v) is 5.32. The van der Waals surface area contributed by atoms with Crippen molar-refractivity contribution in [3.63, 3.8) is 0 Å². The van der Waals surface area contributed by atoms with E-state index in [0.717, 1.165) is 12.0 Å². The summed E-state index contributed by atoms with van der Waals surface area (Å²) < 4.78 is 0. The molecule has 2 aliphatic carbocycles. The van der Waals surface area contributed by atoms with E-state index in [9.17, 15) is 14.4 Å². The van der Waals surface area contributed by atoms with Crippen LogP contribution in [0.2, 0.25) is 0 Å². The highest BCUT2D eigenvalue weighted by atomic mass is 16.2. The minimum absolute atomic E-state index is 0.168. The summed E-state index contributed by atoms with van der Waals surface area (Å²) in [5, 5.41) is 2.37. The molecule has 1 aliphatic heterocycles. The Bertz CT molecular complexity index is 636. The Kier molecular flexibility index (Phi) is 1.51. The lowest BCUT2D eigenvalue weighted by Crippen LogP contribution is -2.43. The van der Waals surface area contributed by atoms with E-state index in [4.69, 9.17) is 0 Å². The van der Waals surface area contributed by atoms with E-state index in [0.29, 0.717) is 18.4 Å². The van der Waals surface area contributed by atoms with Gasteiger partial charge in [0.1, 0.15) is 5.41 Å². The van der Waals surface area contributed by atoms with Crippen molar-refractivity contribution < 1.29 is 14.4 Å². The zero-order chi connectivity index (χ0) is 12.5. The van der Waals surface area contributed by atoms with Gasteiger partial charge in [0, 0.05) is 5.56 Å². The van der Waals surface area contributed by atoms with Gasteiger partial charge in [-0.3, -0.25) is 19.7 Å². The molecule has 2 atom stereocenters. The lowest BCUT2D eigenvalue weighted by Gasteiger charge is -2.27. The van der Waals surface area contributed by atoms with Crippen LogP contribution >= 0.6 is 0 Å². The lowest BCUT2D eigenvalue weighted by molar-refractivity contribution is -0.127. The fraction of sp³-hybridized carbons (Fsp3) is 0.357. The van der Waals surface area contributed by atoms with Crippen LogP contribution in [0.25, 0.3) is 0 Å². The van der Waals surface area contributed by atoms with Crippen LogP contribution < -0.4 is 5.32 Å². The highest BCUT2D eigenvalue weighted by molar-refractivity contribution is 6.30. The first kappa shape index (κ1) is 10.00. The Hall–Kier alpha value is -1.97. The maximum Gasteiger partial charge on any atom is 0.242 e. The van der Waals surface area contributed by atoms with E-state index in [1.807, 2.05) is 12.1 Å². The van der Waals surface area contributed by atoms with Crippen LogP contribution in [-0.2, 0) is 15.0 Å². The van der Waals surface area contributed by atoms with Crippen molar-refractivity contribution in [1.29, 1.82) is 0 Å². The monoisotopic (exact) mass is 241 g/mol. The maximum atomic E-state index is 12.6. The van der Waals surface area contributed by atoms with Crippen LogP contribution in [0, 0.1) is 5.41 Å². The summed E-state index contributed by atoms with van der Waals surface area (Å²) in [5.74, 6) is -0.853. The summed E-state index contributed by atoms with van der Waals surface area (Å²) >= 11 is 0. The quantitative estimate of drug-likeness (QED) is 0.543. The molecule has 1 aromatic rings. The van der Waals surface area contributed by atoms with Crippen molar-refractivity contribution in [1.82, 2.24) is 5.32 Å². The zero-order valence-electron chi connectivity index (χ0n) is 9.66. The van der Waals surface area contributed by atoms with Crippen molar-refractivity contribution in [3.05, 3.63) is 35.4 Å². The summed E-state index contributed by atoms with van der Waals surface area (Å²) in [7, 11) is 0. The van der Waals surface area contributed by atoms with E-state index < -0.39 is 16.7 Å². The molecule has 3 aliphatic rings. The average Bonchev–Trinajstić information content (AvgIpc) is 2.93. The summed E-state index contributed by atoms with van der Waals surface area (Å²) in [6.45, 7) is 0. The number of carbonyl (C=O) groups is 3. The number of amides is 2. The summed E-state index contributed by atoms with van der Waals surface area (Å²) in [6, 6.07) is 7.15. The molecule has 18 heavy (non-hydrogen) atoms. The molecule has 4 rings (SSSR count). The summed E-state index contributed by atoms with van der Waals surface area (Å²) in [6.07, 6.45) is 1.82. The van der Waals surface area contributed by atoms with Crippen molar-refractivity contribution in [2.45, 2.75) is 24.7 Å². The molecule has 1 saturated carbocycles. The van der Waals surface area contributed by atoms with E-state index in [1.165, 1.54) is 0 Å². The van der Waals surface area contributed by atoms with Gasteiger partial charge in [-0.05, 0) is 18.4 Å². The normalized spacial score (nSPS) is 36.3. The third-order valence-corrected chi connectivity index (χ3v) is 4.85. The van der Waals surface area contributed by atoms with E-state index >= 15 is 0 Å². The SMILES string of the molecule is O=C1NC(=O)[C@@]23CCC[C@@]12C(=O)c1ccccc13. The van der Waals surface area contributed by atoms with Crippen LogP contribution in [0.15, 0.2) is 24.3 Å². The fourth-order valence-corrected chi connectivity index (χ4v) is 4.16. The minimum atomic E-state index is -1.15. The van der Waals surface area contributed by atoms with E-state index in [1.54, 1.807) is 12.1 Å². The zero-order valence-corrected chi connectivity index (χ0v) is 9.66. The topological polar surface area (TPSA) is 63.2 Å². The van der Waals surface area contributed by atoms with Gasteiger partial charge >= 0.3 is 0 Å². The fourth-order valence-electron chi connectivity index (χ4n) is 4.16. The van der Waals surface area contributed by atoms with Gasteiger partial charge in [0.25, 0.3) is 0 Å². The second kappa shape index (κ2) is 2.71. The van der Waals surface area contributed by atoms with Crippen LogP contribution in [0.1, 0.15) is 35.2 Å². The van der Waals surface area contributed by atoms with Gasteiger partial charge in [-0.2, -0.15) is 0 Å². The molecule has 1 N–H and O–H groups in total. The van der Waals surface area contributed by atoms with Gasteiger partial charge in [-0.1, -0.05) is 30.7 Å².